The molecule has 0 spiro atoms. The fraction of sp³-hybridized carbons (Fsp3) is 0.188. The van der Waals surface area contributed by atoms with Crippen molar-refractivity contribution in [2.45, 2.75) is 13.1 Å². The lowest BCUT2D eigenvalue weighted by atomic mass is 10.1. The molecule has 0 amide bonds. The molecule has 0 aromatic heterocycles. The van der Waals surface area contributed by atoms with Crippen LogP contribution >= 0.6 is 0 Å². The Morgan fingerprint density at radius 2 is 1.68 bits per heavy atom. The summed E-state index contributed by atoms with van der Waals surface area (Å²) >= 11 is 0. The Morgan fingerprint density at radius 1 is 1.00 bits per heavy atom. The molecule has 3 heteroatoms. The van der Waals surface area contributed by atoms with E-state index in [1.807, 2.05) is 36.2 Å². The predicted octanol–water partition coefficient (Wildman–Crippen LogP) is 3.07. The third kappa shape index (κ3) is 2.19. The first-order chi connectivity index (χ1) is 9.25. The van der Waals surface area contributed by atoms with Crippen molar-refractivity contribution >= 4 is 11.6 Å². The SMILES string of the molecule is CN1C(=N)N(Cc2ccccc2)Cc2ccccc21. The number of hydrogen-bond donors (Lipinski definition) is 1. The zero-order chi connectivity index (χ0) is 13.2. The van der Waals surface area contributed by atoms with E-state index in [9.17, 15) is 0 Å². The summed E-state index contributed by atoms with van der Waals surface area (Å²) in [5, 5.41) is 8.28. The molecule has 0 saturated heterocycles. The van der Waals surface area contributed by atoms with Crippen LogP contribution in [0.15, 0.2) is 54.6 Å². The first-order valence-corrected chi connectivity index (χ1v) is 6.45. The van der Waals surface area contributed by atoms with Crippen LogP contribution in [-0.2, 0) is 13.1 Å². The Kier molecular flexibility index (Phi) is 2.95. The number of nitrogens with zero attached hydrogens (tertiary/aromatic N) is 2. The van der Waals surface area contributed by atoms with Gasteiger partial charge < -0.3 is 9.80 Å². The topological polar surface area (TPSA) is 30.3 Å². The normalized spacial score (nSPS) is 14.5. The van der Waals surface area contributed by atoms with Gasteiger partial charge in [0.05, 0.1) is 0 Å². The van der Waals surface area contributed by atoms with E-state index in [0.29, 0.717) is 5.96 Å². The maximum Gasteiger partial charge on any atom is 0.198 e. The quantitative estimate of drug-likeness (QED) is 0.889. The van der Waals surface area contributed by atoms with Gasteiger partial charge in [-0.05, 0) is 17.2 Å². The summed E-state index contributed by atoms with van der Waals surface area (Å²) < 4.78 is 0. The Balaban J connectivity index is 1.87. The Morgan fingerprint density at radius 3 is 2.47 bits per heavy atom. The van der Waals surface area contributed by atoms with Crippen LogP contribution in [0.3, 0.4) is 0 Å². The summed E-state index contributed by atoms with van der Waals surface area (Å²) in [6.45, 7) is 1.58. The average Bonchev–Trinajstić information content (AvgIpc) is 2.46. The van der Waals surface area contributed by atoms with Gasteiger partial charge in [-0.25, -0.2) is 0 Å². The first-order valence-electron chi connectivity index (χ1n) is 6.45. The number of anilines is 1. The highest BCUT2D eigenvalue weighted by molar-refractivity contribution is 5.95. The maximum absolute atomic E-state index is 8.28. The van der Waals surface area contributed by atoms with E-state index in [2.05, 4.69) is 35.2 Å². The van der Waals surface area contributed by atoms with Crippen molar-refractivity contribution < 1.29 is 0 Å². The zero-order valence-electron chi connectivity index (χ0n) is 11.0. The van der Waals surface area contributed by atoms with Crippen molar-refractivity contribution in [3.63, 3.8) is 0 Å². The van der Waals surface area contributed by atoms with Crippen LogP contribution in [0.5, 0.6) is 0 Å². The van der Waals surface area contributed by atoms with Gasteiger partial charge in [0.25, 0.3) is 0 Å². The van der Waals surface area contributed by atoms with E-state index >= 15 is 0 Å². The van der Waals surface area contributed by atoms with Crippen LogP contribution in [0.1, 0.15) is 11.1 Å². The lowest BCUT2D eigenvalue weighted by Gasteiger charge is -2.37. The molecule has 0 atom stereocenters. The molecule has 1 aliphatic rings. The molecular weight excluding hydrogens is 234 g/mol. The van der Waals surface area contributed by atoms with E-state index in [-0.39, 0.29) is 0 Å². The Bertz CT molecular complexity index is 592. The minimum atomic E-state index is 0.558. The highest BCUT2D eigenvalue weighted by Gasteiger charge is 2.24. The van der Waals surface area contributed by atoms with Crippen molar-refractivity contribution in [2.75, 3.05) is 11.9 Å². The maximum atomic E-state index is 8.28. The van der Waals surface area contributed by atoms with Gasteiger partial charge in [-0.15, -0.1) is 0 Å². The molecule has 0 radical (unpaired) electrons. The number of fused-ring (bicyclic) bond motifs is 1. The number of hydrogen-bond acceptors (Lipinski definition) is 1. The monoisotopic (exact) mass is 251 g/mol. The Labute approximate surface area is 113 Å². The Hall–Kier alpha value is -2.29. The molecule has 1 heterocycles. The second-order valence-corrected chi connectivity index (χ2v) is 4.85. The molecule has 96 valence electrons. The van der Waals surface area contributed by atoms with Crippen LogP contribution in [0.4, 0.5) is 5.69 Å². The highest BCUT2D eigenvalue weighted by atomic mass is 15.4. The predicted molar refractivity (Wildman–Crippen MR) is 78.3 cm³/mol. The molecule has 3 rings (SSSR count). The third-order valence-electron chi connectivity index (χ3n) is 3.55. The standard InChI is InChI=1S/C16H17N3/c1-18-15-10-6-5-9-14(15)12-19(16(18)17)11-13-7-3-2-4-8-13/h2-10,17H,11-12H2,1H3. The summed E-state index contributed by atoms with van der Waals surface area (Å²) in [6, 6.07) is 18.6. The highest BCUT2D eigenvalue weighted by Crippen LogP contribution is 2.27. The van der Waals surface area contributed by atoms with E-state index < -0.39 is 0 Å². The van der Waals surface area contributed by atoms with Crippen molar-refractivity contribution in [2.24, 2.45) is 0 Å². The van der Waals surface area contributed by atoms with Gasteiger partial charge in [0.1, 0.15) is 0 Å². The average molecular weight is 251 g/mol. The number of benzene rings is 2. The van der Waals surface area contributed by atoms with Crippen molar-refractivity contribution in [1.82, 2.24) is 4.90 Å². The van der Waals surface area contributed by atoms with E-state index in [1.54, 1.807) is 0 Å². The second kappa shape index (κ2) is 4.76. The fourth-order valence-electron chi connectivity index (χ4n) is 2.51. The van der Waals surface area contributed by atoms with E-state index in [1.165, 1.54) is 11.1 Å². The summed E-state index contributed by atoms with van der Waals surface area (Å²) in [7, 11) is 1.96. The largest absolute Gasteiger partial charge is 0.334 e. The molecule has 2 aromatic carbocycles. The van der Waals surface area contributed by atoms with Crippen molar-refractivity contribution in [3.05, 3.63) is 65.7 Å². The van der Waals surface area contributed by atoms with Crippen LogP contribution in [-0.4, -0.2) is 17.9 Å². The third-order valence-corrected chi connectivity index (χ3v) is 3.55. The van der Waals surface area contributed by atoms with Crippen LogP contribution < -0.4 is 4.90 Å². The number of rotatable bonds is 2. The lowest BCUT2D eigenvalue weighted by molar-refractivity contribution is 0.388. The molecule has 19 heavy (non-hydrogen) atoms. The van der Waals surface area contributed by atoms with Gasteiger partial charge in [-0.3, -0.25) is 5.41 Å². The smallest absolute Gasteiger partial charge is 0.198 e. The summed E-state index contributed by atoms with van der Waals surface area (Å²) in [5.41, 5.74) is 3.65. The minimum absolute atomic E-state index is 0.558. The van der Waals surface area contributed by atoms with Gasteiger partial charge in [0.15, 0.2) is 5.96 Å². The molecule has 0 bridgehead atoms. The molecule has 0 fully saturated rings. The van der Waals surface area contributed by atoms with E-state index in [4.69, 9.17) is 5.41 Å². The molecule has 0 aliphatic carbocycles. The molecule has 1 aliphatic heterocycles. The number of guanidine groups is 1. The summed E-state index contributed by atoms with van der Waals surface area (Å²) in [6.07, 6.45) is 0. The van der Waals surface area contributed by atoms with Gasteiger partial charge in [0.2, 0.25) is 0 Å². The van der Waals surface area contributed by atoms with Gasteiger partial charge >= 0.3 is 0 Å². The number of nitrogens with one attached hydrogen (secondary N) is 1. The summed E-state index contributed by atoms with van der Waals surface area (Å²) in [5.74, 6) is 0.558. The second-order valence-electron chi connectivity index (χ2n) is 4.85. The lowest BCUT2D eigenvalue weighted by Crippen LogP contribution is -2.45. The first kappa shape index (κ1) is 11.8. The van der Waals surface area contributed by atoms with Crippen molar-refractivity contribution in [3.8, 4) is 0 Å². The van der Waals surface area contributed by atoms with Crippen LogP contribution in [0.25, 0.3) is 0 Å². The van der Waals surface area contributed by atoms with Gasteiger partial charge in [-0.1, -0.05) is 48.5 Å². The molecule has 0 saturated carbocycles. The molecule has 3 nitrogen and oxygen atoms in total. The van der Waals surface area contributed by atoms with Gasteiger partial charge in [0, 0.05) is 25.8 Å². The van der Waals surface area contributed by atoms with E-state index in [0.717, 1.165) is 18.8 Å². The van der Waals surface area contributed by atoms with Crippen molar-refractivity contribution in [1.29, 1.82) is 5.41 Å². The number of para-hydroxylation sites is 1. The van der Waals surface area contributed by atoms with Gasteiger partial charge in [-0.2, -0.15) is 0 Å². The zero-order valence-corrected chi connectivity index (χ0v) is 11.0. The summed E-state index contributed by atoms with van der Waals surface area (Å²) in [4.78, 5) is 4.04. The van der Waals surface area contributed by atoms with Crippen LogP contribution in [0.2, 0.25) is 0 Å². The molecular formula is C16H17N3. The molecule has 1 N–H and O–H groups in total. The fourth-order valence-corrected chi connectivity index (χ4v) is 2.51. The molecule has 0 unspecified atom stereocenters. The minimum Gasteiger partial charge on any atom is -0.334 e. The molecule has 2 aromatic rings. The van der Waals surface area contributed by atoms with Crippen LogP contribution in [0, 0.1) is 5.41 Å².